The Balaban J connectivity index is 1.81. The van der Waals surface area contributed by atoms with E-state index in [1.165, 1.54) is 6.07 Å². The van der Waals surface area contributed by atoms with Crippen LogP contribution in [0, 0.1) is 17.1 Å². The first kappa shape index (κ1) is 17.0. The number of halogens is 1. The number of aromatic amines is 1. The van der Waals surface area contributed by atoms with Gasteiger partial charge in [-0.25, -0.2) is 4.39 Å². The third-order valence-corrected chi connectivity index (χ3v) is 5.21. The lowest BCUT2D eigenvalue weighted by atomic mass is 9.82. The highest BCUT2D eigenvalue weighted by Crippen LogP contribution is 2.47. The van der Waals surface area contributed by atoms with Crippen molar-refractivity contribution in [2.75, 3.05) is 0 Å². The number of nitrogens with one attached hydrogen (secondary N) is 1. The third kappa shape index (κ3) is 2.56. The highest BCUT2D eigenvalue weighted by molar-refractivity contribution is 5.97. The fraction of sp³-hybridized carbons (Fsp3) is 0.0435. The Hall–Kier alpha value is -4.11. The fourth-order valence-corrected chi connectivity index (χ4v) is 3.91. The zero-order valence-electron chi connectivity index (χ0n) is 15.2. The molecule has 2 heterocycles. The topological polar surface area (TPSA) is 87.7 Å². The zero-order valence-corrected chi connectivity index (χ0v) is 15.2. The van der Waals surface area contributed by atoms with Gasteiger partial charge in [0.2, 0.25) is 11.8 Å². The molecule has 1 aliphatic rings. The summed E-state index contributed by atoms with van der Waals surface area (Å²) in [4.78, 5) is 0. The number of fused-ring (bicyclic) bond motifs is 2. The van der Waals surface area contributed by atoms with Gasteiger partial charge in [-0.15, -0.1) is 5.10 Å². The number of aromatic nitrogens is 2. The molecule has 3 N–H and O–H groups in total. The van der Waals surface area contributed by atoms with Crippen LogP contribution in [0.5, 0.6) is 5.88 Å². The lowest BCUT2D eigenvalue weighted by molar-refractivity contribution is 0.378. The van der Waals surface area contributed by atoms with Crippen molar-refractivity contribution in [2.45, 2.75) is 5.92 Å². The summed E-state index contributed by atoms with van der Waals surface area (Å²) in [5, 5.41) is 19.1. The Morgan fingerprint density at radius 1 is 1.03 bits per heavy atom. The molecule has 0 spiro atoms. The summed E-state index contributed by atoms with van der Waals surface area (Å²) in [6.45, 7) is 0. The van der Waals surface area contributed by atoms with Gasteiger partial charge in [0.15, 0.2) is 0 Å². The van der Waals surface area contributed by atoms with Gasteiger partial charge in [-0.2, -0.15) is 5.26 Å². The molecule has 4 aromatic rings. The molecule has 0 bridgehead atoms. The van der Waals surface area contributed by atoms with E-state index in [1.807, 2.05) is 42.5 Å². The Morgan fingerprint density at radius 3 is 2.62 bits per heavy atom. The van der Waals surface area contributed by atoms with Gasteiger partial charge >= 0.3 is 0 Å². The predicted octanol–water partition coefficient (Wildman–Crippen LogP) is 4.59. The van der Waals surface area contributed by atoms with Crippen LogP contribution < -0.4 is 10.5 Å². The number of nitrogens with zero attached hydrogens (tertiary/aromatic N) is 2. The largest absolute Gasteiger partial charge is 0.420 e. The molecule has 140 valence electrons. The molecule has 5 nitrogen and oxygen atoms in total. The lowest BCUT2D eigenvalue weighted by Gasteiger charge is -2.24. The molecule has 0 amide bonds. The lowest BCUT2D eigenvalue weighted by Crippen LogP contribution is -2.21. The smallest absolute Gasteiger partial charge is 0.244 e. The summed E-state index contributed by atoms with van der Waals surface area (Å²) < 4.78 is 20.4. The van der Waals surface area contributed by atoms with E-state index in [1.54, 1.807) is 18.2 Å². The van der Waals surface area contributed by atoms with Crippen LogP contribution >= 0.6 is 0 Å². The van der Waals surface area contributed by atoms with E-state index < -0.39 is 11.7 Å². The van der Waals surface area contributed by atoms with Crippen LogP contribution in [0.3, 0.4) is 0 Å². The number of ether oxygens (including phenoxy) is 1. The van der Waals surface area contributed by atoms with Crippen molar-refractivity contribution in [2.24, 2.45) is 5.73 Å². The van der Waals surface area contributed by atoms with Gasteiger partial charge in [0.05, 0.1) is 17.2 Å². The van der Waals surface area contributed by atoms with Gasteiger partial charge in [-0.1, -0.05) is 60.7 Å². The van der Waals surface area contributed by atoms with E-state index in [9.17, 15) is 9.65 Å². The zero-order chi connectivity index (χ0) is 20.0. The van der Waals surface area contributed by atoms with Gasteiger partial charge in [0.1, 0.15) is 17.5 Å². The second-order valence-corrected chi connectivity index (χ2v) is 6.79. The summed E-state index contributed by atoms with van der Waals surface area (Å²) >= 11 is 0. The first-order chi connectivity index (χ1) is 14.2. The van der Waals surface area contributed by atoms with Gasteiger partial charge < -0.3 is 10.5 Å². The third-order valence-electron chi connectivity index (χ3n) is 5.21. The molecule has 3 aromatic carbocycles. The van der Waals surface area contributed by atoms with Crippen molar-refractivity contribution in [3.05, 3.63) is 95.1 Å². The van der Waals surface area contributed by atoms with Crippen LogP contribution in [0.4, 0.5) is 4.39 Å². The SMILES string of the molecule is N#CC1=C(N)Oc2n[nH]c(-c3cccc4ccccc34)c2[C@H]1c1ccccc1F. The minimum Gasteiger partial charge on any atom is -0.420 e. The molecule has 6 heteroatoms. The number of allylic oxidation sites excluding steroid dienone is 1. The van der Waals surface area contributed by atoms with Gasteiger partial charge in [-0.3, -0.25) is 5.10 Å². The maximum atomic E-state index is 14.8. The molecule has 29 heavy (non-hydrogen) atoms. The minimum atomic E-state index is -0.724. The number of benzene rings is 3. The molecule has 0 aliphatic carbocycles. The normalized spacial score (nSPS) is 15.7. The van der Waals surface area contributed by atoms with Crippen LogP contribution in [0.15, 0.2) is 78.2 Å². The summed E-state index contributed by atoms with van der Waals surface area (Å²) in [6, 6.07) is 22.3. The number of nitrogens with two attached hydrogens (primary N) is 1. The number of hydrogen-bond donors (Lipinski definition) is 2. The highest BCUT2D eigenvalue weighted by atomic mass is 19.1. The quantitative estimate of drug-likeness (QED) is 0.531. The summed E-state index contributed by atoms with van der Waals surface area (Å²) in [7, 11) is 0. The average molecular weight is 382 g/mol. The Labute approximate surface area is 165 Å². The molecule has 1 aromatic heterocycles. The summed E-state index contributed by atoms with van der Waals surface area (Å²) in [5.41, 5.74) is 8.64. The first-order valence-electron chi connectivity index (χ1n) is 9.07. The van der Waals surface area contributed by atoms with Crippen molar-refractivity contribution in [3.8, 4) is 23.2 Å². The maximum Gasteiger partial charge on any atom is 0.244 e. The number of rotatable bonds is 2. The second-order valence-electron chi connectivity index (χ2n) is 6.79. The van der Waals surface area contributed by atoms with Gasteiger partial charge in [0, 0.05) is 11.1 Å². The molecule has 0 saturated carbocycles. The molecule has 0 saturated heterocycles. The Kier molecular flexibility index (Phi) is 3.81. The Bertz CT molecular complexity index is 1330. The van der Waals surface area contributed by atoms with Crippen LogP contribution in [0.25, 0.3) is 22.0 Å². The monoisotopic (exact) mass is 382 g/mol. The van der Waals surface area contributed by atoms with E-state index in [4.69, 9.17) is 10.5 Å². The van der Waals surface area contributed by atoms with E-state index in [0.29, 0.717) is 16.8 Å². The van der Waals surface area contributed by atoms with Crippen molar-refractivity contribution in [1.82, 2.24) is 10.2 Å². The number of H-pyrrole nitrogens is 1. The standard InChI is InChI=1S/C23H15FN4O/c24-18-11-4-3-9-16(18)19-17(12-25)22(26)29-23-20(19)21(27-28-23)15-10-5-7-13-6-1-2-8-14(13)15/h1-11,19H,26H2,(H,27,28)/t19-/m0/s1. The van der Waals surface area contributed by atoms with Crippen LogP contribution in [0.1, 0.15) is 17.0 Å². The number of nitriles is 1. The molecule has 5 rings (SSSR count). The predicted molar refractivity (Wildman–Crippen MR) is 107 cm³/mol. The van der Waals surface area contributed by atoms with Crippen LogP contribution in [-0.2, 0) is 0 Å². The van der Waals surface area contributed by atoms with E-state index in [2.05, 4.69) is 16.3 Å². The molecule has 0 unspecified atom stereocenters. The summed E-state index contributed by atoms with van der Waals surface area (Å²) in [6.07, 6.45) is 0. The first-order valence-corrected chi connectivity index (χ1v) is 9.07. The van der Waals surface area contributed by atoms with Crippen LogP contribution in [-0.4, -0.2) is 10.2 Å². The fourth-order valence-electron chi connectivity index (χ4n) is 3.91. The summed E-state index contributed by atoms with van der Waals surface area (Å²) in [5.74, 6) is -0.962. The molecule has 1 atom stereocenters. The minimum absolute atomic E-state index is 0.0655. The molecule has 1 aliphatic heterocycles. The number of hydrogen-bond acceptors (Lipinski definition) is 4. The molecular weight excluding hydrogens is 367 g/mol. The Morgan fingerprint density at radius 2 is 1.79 bits per heavy atom. The van der Waals surface area contributed by atoms with Gasteiger partial charge in [0.25, 0.3) is 0 Å². The molecular formula is C23H15FN4O. The molecule has 0 radical (unpaired) electrons. The molecule has 0 fully saturated rings. The van der Waals surface area contributed by atoms with Gasteiger partial charge in [-0.05, 0) is 16.8 Å². The van der Waals surface area contributed by atoms with E-state index >= 15 is 0 Å². The van der Waals surface area contributed by atoms with Crippen molar-refractivity contribution < 1.29 is 9.13 Å². The maximum absolute atomic E-state index is 14.8. The van der Waals surface area contributed by atoms with Crippen LogP contribution in [0.2, 0.25) is 0 Å². The van der Waals surface area contributed by atoms with Crippen molar-refractivity contribution >= 4 is 10.8 Å². The van der Waals surface area contributed by atoms with E-state index in [-0.39, 0.29) is 17.3 Å². The second kappa shape index (κ2) is 6.50. The highest BCUT2D eigenvalue weighted by Gasteiger charge is 2.37. The average Bonchev–Trinajstić information content (AvgIpc) is 3.16. The van der Waals surface area contributed by atoms with E-state index in [0.717, 1.165) is 16.3 Å². The van der Waals surface area contributed by atoms with Crippen molar-refractivity contribution in [3.63, 3.8) is 0 Å². The van der Waals surface area contributed by atoms with Crippen molar-refractivity contribution in [1.29, 1.82) is 5.26 Å².